The van der Waals surface area contributed by atoms with Gasteiger partial charge in [-0.1, -0.05) is 11.6 Å². The normalized spacial score (nSPS) is 17.9. The quantitative estimate of drug-likeness (QED) is 0.130. The lowest BCUT2D eigenvalue weighted by Gasteiger charge is -2.27. The van der Waals surface area contributed by atoms with E-state index in [1.165, 1.54) is 45.4 Å². The zero-order valence-electron chi connectivity index (χ0n) is 36.2. The molecule has 27 heteroatoms. The van der Waals surface area contributed by atoms with E-state index in [2.05, 4.69) is 31.5 Å². The minimum absolute atomic E-state index is 0.0148. The highest BCUT2D eigenvalue weighted by Crippen LogP contribution is 2.30. The molecule has 0 fully saturated rings. The number of hydrogen-bond donors (Lipinski definition) is 4. The molecule has 4 aromatic rings. The van der Waals surface area contributed by atoms with E-state index in [0.29, 0.717) is 41.9 Å². The lowest BCUT2D eigenvalue weighted by molar-refractivity contribution is -0.146. The van der Waals surface area contributed by atoms with E-state index in [1.807, 2.05) is 0 Å². The van der Waals surface area contributed by atoms with Gasteiger partial charge in [-0.15, -0.1) is 0 Å². The first-order chi connectivity index (χ1) is 32.4. The summed E-state index contributed by atoms with van der Waals surface area (Å²) < 4.78 is 93.8. The van der Waals surface area contributed by atoms with Crippen LogP contribution < -0.4 is 21.3 Å². The molecule has 6 amide bonds. The molecule has 8 rings (SSSR count). The number of carbonyl (C=O) groups excluding carboxylic acids is 4. The predicted octanol–water partition coefficient (Wildman–Crippen LogP) is 4.37. The first-order valence-electron chi connectivity index (χ1n) is 20.9. The van der Waals surface area contributed by atoms with Crippen molar-refractivity contribution in [3.8, 4) is 6.07 Å². The van der Waals surface area contributed by atoms with Crippen LogP contribution in [0.5, 0.6) is 0 Å². The SMILES string of the molecule is CN1O[C@H](CNCC(F)F)Cn2nc3c(c2C1=O)CN(C(=O)Nc1ccc(F)c(C#N)c1)CC3.CN1O[C@H](CNCC(F)F)Cn2nc3c(c2C1=O)CN(C(=O)Nc1ccc(F)c(Cl)c1F)CC3. The summed E-state index contributed by atoms with van der Waals surface area (Å²) in [5.41, 5.74) is 2.70. The van der Waals surface area contributed by atoms with Gasteiger partial charge in [0.1, 0.15) is 46.3 Å². The molecule has 4 aliphatic rings. The van der Waals surface area contributed by atoms with Gasteiger partial charge in [0.25, 0.3) is 24.7 Å². The number of alkyl halides is 4. The Morgan fingerprint density at radius 3 is 1.75 bits per heavy atom. The van der Waals surface area contributed by atoms with Gasteiger partial charge in [0.2, 0.25) is 0 Å². The molecule has 0 bridgehead atoms. The van der Waals surface area contributed by atoms with Gasteiger partial charge in [-0.3, -0.25) is 28.6 Å². The summed E-state index contributed by atoms with van der Waals surface area (Å²) >= 11 is 5.57. The van der Waals surface area contributed by atoms with Crippen molar-refractivity contribution in [3.05, 3.63) is 92.3 Å². The maximum absolute atomic E-state index is 14.2. The van der Waals surface area contributed by atoms with Crippen molar-refractivity contribution in [2.45, 2.75) is 64.1 Å². The molecule has 0 radical (unpaired) electrons. The molecule has 4 N–H and O–H groups in total. The number of urea groups is 2. The second-order valence-electron chi connectivity index (χ2n) is 15.8. The molecular weight excluding hydrogens is 939 g/mol. The molecule has 0 aliphatic carbocycles. The third-order valence-corrected chi connectivity index (χ3v) is 11.4. The highest BCUT2D eigenvalue weighted by atomic mass is 35.5. The van der Waals surface area contributed by atoms with E-state index < -0.39 is 84.5 Å². The Bertz CT molecular complexity index is 2610. The Balaban J connectivity index is 0.000000201. The number of nitrogens with one attached hydrogen (secondary N) is 4. The summed E-state index contributed by atoms with van der Waals surface area (Å²) in [6.07, 6.45) is -5.50. The first-order valence-corrected chi connectivity index (χ1v) is 21.3. The third kappa shape index (κ3) is 11.1. The van der Waals surface area contributed by atoms with Crippen LogP contribution in [0.25, 0.3) is 0 Å². The van der Waals surface area contributed by atoms with Crippen LogP contribution in [-0.2, 0) is 48.7 Å². The number of halogens is 8. The summed E-state index contributed by atoms with van der Waals surface area (Å²) in [6, 6.07) is 6.29. The molecule has 2 aromatic heterocycles. The topological polar surface area (TPSA) is 207 Å². The van der Waals surface area contributed by atoms with Crippen LogP contribution in [0, 0.1) is 28.8 Å². The van der Waals surface area contributed by atoms with Crippen molar-refractivity contribution in [2.24, 2.45) is 0 Å². The van der Waals surface area contributed by atoms with E-state index in [1.54, 1.807) is 6.07 Å². The van der Waals surface area contributed by atoms with Gasteiger partial charge in [-0.2, -0.15) is 15.5 Å². The molecule has 2 aromatic carbocycles. The number of anilines is 2. The zero-order valence-corrected chi connectivity index (χ0v) is 36.9. The Labute approximate surface area is 387 Å². The number of rotatable bonds is 10. The van der Waals surface area contributed by atoms with Crippen LogP contribution in [0.2, 0.25) is 5.02 Å². The van der Waals surface area contributed by atoms with Gasteiger partial charge in [0, 0.05) is 69.9 Å². The minimum Gasteiger partial charge on any atom is -0.320 e. The maximum atomic E-state index is 14.2. The molecule has 0 unspecified atom stereocenters. The Morgan fingerprint density at radius 2 is 1.26 bits per heavy atom. The number of aromatic nitrogens is 4. The number of nitrogens with zero attached hydrogens (tertiary/aromatic N) is 9. The van der Waals surface area contributed by atoms with Crippen LogP contribution in [0.3, 0.4) is 0 Å². The van der Waals surface area contributed by atoms with Gasteiger partial charge in [0.15, 0.2) is 5.82 Å². The zero-order chi connectivity index (χ0) is 49.0. The van der Waals surface area contributed by atoms with Crippen molar-refractivity contribution in [1.29, 1.82) is 5.26 Å². The Morgan fingerprint density at radius 1 is 0.779 bits per heavy atom. The second-order valence-corrected chi connectivity index (χ2v) is 16.2. The lowest BCUT2D eigenvalue weighted by Crippen LogP contribution is -2.40. The first kappa shape index (κ1) is 49.4. The highest BCUT2D eigenvalue weighted by molar-refractivity contribution is 6.31. The fraction of sp³-hybridized carbons (Fsp3) is 0.439. The van der Waals surface area contributed by atoms with Gasteiger partial charge in [-0.05, 0) is 30.3 Å². The molecular formula is C41H43ClF7N13O6. The smallest absolute Gasteiger partial charge is 0.320 e. The Kier molecular flexibility index (Phi) is 15.4. The number of benzene rings is 2. The predicted molar refractivity (Wildman–Crippen MR) is 225 cm³/mol. The van der Waals surface area contributed by atoms with Crippen molar-refractivity contribution >= 4 is 46.9 Å². The monoisotopic (exact) mass is 981 g/mol. The number of nitriles is 1. The number of carbonyl (C=O) groups is 4. The van der Waals surface area contributed by atoms with Crippen LogP contribution >= 0.6 is 11.6 Å². The van der Waals surface area contributed by atoms with Crippen LogP contribution in [0.1, 0.15) is 49.1 Å². The van der Waals surface area contributed by atoms with Crippen molar-refractivity contribution < 1.29 is 59.6 Å². The van der Waals surface area contributed by atoms with Crippen molar-refractivity contribution in [2.75, 3.05) is 64.0 Å². The number of hydroxylamine groups is 4. The molecule has 6 heterocycles. The molecule has 0 spiro atoms. The molecule has 4 aliphatic heterocycles. The van der Waals surface area contributed by atoms with E-state index in [-0.39, 0.29) is 74.1 Å². The molecule has 2 atom stereocenters. The lowest BCUT2D eigenvalue weighted by atomic mass is 10.1. The van der Waals surface area contributed by atoms with Gasteiger partial charge >= 0.3 is 12.1 Å². The standard InChI is InChI=1S/C21H22F3N7O3.C20H21ClF4N6O3/c1-29-20(32)19-15-11-30(21(33)27-13-2-3-16(22)12(6-13)7-25)5-4-17(15)28-31(19)10-14(34-29)8-26-9-18(23)24;1-29-19(32)18-11-9-30(20(33)27-14-3-2-12(22)16(21)17(14)25)5-4-13(11)28-31(18)8-10(34-29)6-26-7-15(23)24/h2-3,6,14,18,26H,4-5,8-11H2,1H3,(H,27,33);2-3,10,15,26H,4-9H2,1H3,(H,27,33)/t14-;10-/m11/s1. The Hall–Kier alpha value is -6.53. The molecule has 0 saturated heterocycles. The third-order valence-electron chi connectivity index (χ3n) is 11.1. The highest BCUT2D eigenvalue weighted by Gasteiger charge is 2.37. The summed E-state index contributed by atoms with van der Waals surface area (Å²) in [7, 11) is 2.85. The van der Waals surface area contributed by atoms with Crippen LogP contribution in [0.4, 0.5) is 51.7 Å². The largest absolute Gasteiger partial charge is 0.322 e. The summed E-state index contributed by atoms with van der Waals surface area (Å²) in [4.78, 5) is 65.5. The van der Waals surface area contributed by atoms with E-state index in [0.717, 1.165) is 28.3 Å². The maximum Gasteiger partial charge on any atom is 0.322 e. The van der Waals surface area contributed by atoms with Gasteiger partial charge in [0.05, 0.1) is 61.9 Å². The molecule has 19 nitrogen and oxygen atoms in total. The number of amides is 6. The fourth-order valence-electron chi connectivity index (χ4n) is 7.85. The minimum atomic E-state index is -2.52. The summed E-state index contributed by atoms with van der Waals surface area (Å²) in [5, 5.41) is 29.5. The van der Waals surface area contributed by atoms with E-state index >= 15 is 0 Å². The second kappa shape index (κ2) is 21.2. The van der Waals surface area contributed by atoms with E-state index in [9.17, 15) is 49.9 Å². The van der Waals surface area contributed by atoms with Crippen LogP contribution in [0.15, 0.2) is 30.3 Å². The van der Waals surface area contributed by atoms with Crippen molar-refractivity contribution in [1.82, 2.24) is 50.1 Å². The van der Waals surface area contributed by atoms with E-state index in [4.69, 9.17) is 26.5 Å². The average Bonchev–Trinajstić information content (AvgIpc) is 3.78. The van der Waals surface area contributed by atoms with Gasteiger partial charge in [-0.25, -0.2) is 50.4 Å². The fourth-order valence-corrected chi connectivity index (χ4v) is 8.02. The molecule has 0 saturated carbocycles. The van der Waals surface area contributed by atoms with Crippen LogP contribution in [-0.4, -0.2) is 142 Å². The molecule has 364 valence electrons. The molecule has 68 heavy (non-hydrogen) atoms. The summed E-state index contributed by atoms with van der Waals surface area (Å²) in [5.74, 6) is -3.67. The van der Waals surface area contributed by atoms with Crippen molar-refractivity contribution in [3.63, 3.8) is 0 Å². The van der Waals surface area contributed by atoms with Gasteiger partial charge < -0.3 is 31.1 Å². The average molecular weight is 982 g/mol. The number of hydrogen-bond acceptors (Lipinski definition) is 11. The summed E-state index contributed by atoms with van der Waals surface area (Å²) in [6.45, 7) is 0.186. The number of fused-ring (bicyclic) bond motifs is 6.